The third kappa shape index (κ3) is 2.53. The van der Waals surface area contributed by atoms with Crippen molar-refractivity contribution in [3.05, 3.63) is 36.5 Å². The van der Waals surface area contributed by atoms with Crippen molar-refractivity contribution in [1.29, 1.82) is 0 Å². The van der Waals surface area contributed by atoms with Crippen LogP contribution in [0.2, 0.25) is 0 Å². The highest BCUT2D eigenvalue weighted by atomic mass is 16.5. The zero-order valence-electron chi connectivity index (χ0n) is 9.81. The van der Waals surface area contributed by atoms with Gasteiger partial charge in [-0.25, -0.2) is 0 Å². The Morgan fingerprint density at radius 3 is 2.65 bits per heavy atom. The van der Waals surface area contributed by atoms with Crippen molar-refractivity contribution in [3.63, 3.8) is 0 Å². The number of aromatic nitrogens is 1. The minimum absolute atomic E-state index is 0.0843. The van der Waals surface area contributed by atoms with Crippen molar-refractivity contribution in [1.82, 2.24) is 5.16 Å². The minimum Gasteiger partial charge on any atom is -0.338 e. The van der Waals surface area contributed by atoms with Gasteiger partial charge in [-0.05, 0) is 5.56 Å². The lowest BCUT2D eigenvalue weighted by Crippen LogP contribution is -2.17. The number of nitrogens with one attached hydrogen (secondary N) is 1. The first-order valence-corrected chi connectivity index (χ1v) is 5.49. The van der Waals surface area contributed by atoms with Crippen LogP contribution in [0, 0.1) is 5.92 Å². The quantitative estimate of drug-likeness (QED) is 0.881. The standard InChI is InChI=1S/C13H14N2O2/c1-9(2)12(16)15-13-11(8-14-17-13)10-6-4-3-5-7-10/h3-9H,1-2H3,(H,15,16). The fourth-order valence-electron chi connectivity index (χ4n) is 1.41. The molecular formula is C13H14N2O2. The molecule has 0 unspecified atom stereocenters. The third-order valence-electron chi connectivity index (χ3n) is 2.42. The van der Waals surface area contributed by atoms with E-state index in [1.54, 1.807) is 6.20 Å². The first-order valence-electron chi connectivity index (χ1n) is 5.49. The molecule has 2 aromatic rings. The zero-order chi connectivity index (χ0) is 12.3. The van der Waals surface area contributed by atoms with E-state index in [0.29, 0.717) is 5.88 Å². The second-order valence-corrected chi connectivity index (χ2v) is 4.08. The van der Waals surface area contributed by atoms with E-state index in [1.165, 1.54) is 0 Å². The number of carbonyl (C=O) groups excluding carboxylic acids is 1. The zero-order valence-corrected chi connectivity index (χ0v) is 9.81. The van der Waals surface area contributed by atoms with Gasteiger partial charge >= 0.3 is 0 Å². The predicted octanol–water partition coefficient (Wildman–Crippen LogP) is 2.94. The first-order chi connectivity index (χ1) is 8.18. The number of benzene rings is 1. The lowest BCUT2D eigenvalue weighted by atomic mass is 10.1. The monoisotopic (exact) mass is 230 g/mol. The molecule has 1 aromatic heterocycles. The largest absolute Gasteiger partial charge is 0.338 e. The maximum atomic E-state index is 11.6. The fourth-order valence-corrected chi connectivity index (χ4v) is 1.41. The molecule has 0 spiro atoms. The molecule has 0 aliphatic rings. The normalized spacial score (nSPS) is 10.5. The predicted molar refractivity (Wildman–Crippen MR) is 65.4 cm³/mol. The molecule has 1 aromatic carbocycles. The molecule has 4 heteroatoms. The Labute approximate surface area is 99.6 Å². The Hall–Kier alpha value is -2.10. The van der Waals surface area contributed by atoms with E-state index in [4.69, 9.17) is 4.52 Å². The summed E-state index contributed by atoms with van der Waals surface area (Å²) in [5.74, 6) is 0.220. The molecule has 17 heavy (non-hydrogen) atoms. The average Bonchev–Trinajstić information content (AvgIpc) is 2.78. The van der Waals surface area contributed by atoms with Crippen LogP contribution in [-0.2, 0) is 4.79 Å². The molecule has 0 saturated heterocycles. The molecule has 0 saturated carbocycles. The molecule has 4 nitrogen and oxygen atoms in total. The van der Waals surface area contributed by atoms with Gasteiger partial charge in [0.2, 0.25) is 11.8 Å². The Morgan fingerprint density at radius 2 is 2.00 bits per heavy atom. The van der Waals surface area contributed by atoms with Crippen molar-refractivity contribution in [2.45, 2.75) is 13.8 Å². The summed E-state index contributed by atoms with van der Waals surface area (Å²) in [5, 5.41) is 6.44. The van der Waals surface area contributed by atoms with Crippen LogP contribution < -0.4 is 5.32 Å². The Balaban J connectivity index is 2.27. The van der Waals surface area contributed by atoms with Crippen LogP contribution in [-0.4, -0.2) is 11.1 Å². The highest BCUT2D eigenvalue weighted by Gasteiger charge is 2.14. The Kier molecular flexibility index (Phi) is 3.23. The number of carbonyl (C=O) groups is 1. The number of anilines is 1. The summed E-state index contributed by atoms with van der Waals surface area (Å²) >= 11 is 0. The van der Waals surface area contributed by atoms with E-state index in [-0.39, 0.29) is 11.8 Å². The molecule has 1 heterocycles. The molecule has 0 aliphatic carbocycles. The van der Waals surface area contributed by atoms with E-state index < -0.39 is 0 Å². The summed E-state index contributed by atoms with van der Waals surface area (Å²) in [4.78, 5) is 11.6. The van der Waals surface area contributed by atoms with Gasteiger partial charge in [0.05, 0.1) is 11.8 Å². The lowest BCUT2D eigenvalue weighted by Gasteiger charge is -2.05. The molecular weight excluding hydrogens is 216 g/mol. The van der Waals surface area contributed by atoms with Crippen LogP contribution >= 0.6 is 0 Å². The lowest BCUT2D eigenvalue weighted by molar-refractivity contribution is -0.119. The van der Waals surface area contributed by atoms with E-state index in [0.717, 1.165) is 11.1 Å². The third-order valence-corrected chi connectivity index (χ3v) is 2.42. The topological polar surface area (TPSA) is 55.1 Å². The molecule has 0 radical (unpaired) electrons. The van der Waals surface area contributed by atoms with Gasteiger partial charge in [0.1, 0.15) is 0 Å². The van der Waals surface area contributed by atoms with Gasteiger partial charge in [0, 0.05) is 5.92 Å². The summed E-state index contributed by atoms with van der Waals surface area (Å²) in [5.41, 5.74) is 1.76. The average molecular weight is 230 g/mol. The highest BCUT2D eigenvalue weighted by molar-refractivity contribution is 5.94. The summed E-state index contributed by atoms with van der Waals surface area (Å²) in [6.07, 6.45) is 1.60. The van der Waals surface area contributed by atoms with E-state index in [2.05, 4.69) is 10.5 Å². The first kappa shape index (κ1) is 11.4. The van der Waals surface area contributed by atoms with Gasteiger partial charge < -0.3 is 4.52 Å². The van der Waals surface area contributed by atoms with Crippen LogP contribution in [0.25, 0.3) is 11.1 Å². The van der Waals surface area contributed by atoms with Crippen molar-refractivity contribution in [2.24, 2.45) is 5.92 Å². The fraction of sp³-hybridized carbons (Fsp3) is 0.231. The van der Waals surface area contributed by atoms with Crippen LogP contribution in [0.3, 0.4) is 0 Å². The van der Waals surface area contributed by atoms with E-state index in [1.807, 2.05) is 44.2 Å². The second-order valence-electron chi connectivity index (χ2n) is 4.08. The van der Waals surface area contributed by atoms with Gasteiger partial charge in [-0.2, -0.15) is 0 Å². The van der Waals surface area contributed by atoms with Gasteiger partial charge in [-0.3, -0.25) is 10.1 Å². The highest BCUT2D eigenvalue weighted by Crippen LogP contribution is 2.27. The molecule has 0 bridgehead atoms. The van der Waals surface area contributed by atoms with Gasteiger partial charge in [-0.15, -0.1) is 0 Å². The van der Waals surface area contributed by atoms with Gasteiger partial charge in [-0.1, -0.05) is 49.3 Å². The van der Waals surface area contributed by atoms with Crippen LogP contribution in [0.5, 0.6) is 0 Å². The molecule has 1 amide bonds. The Bertz CT molecular complexity index is 503. The minimum atomic E-state index is -0.0938. The van der Waals surface area contributed by atoms with E-state index >= 15 is 0 Å². The number of rotatable bonds is 3. The molecule has 0 atom stereocenters. The van der Waals surface area contributed by atoms with Crippen LogP contribution in [0.1, 0.15) is 13.8 Å². The van der Waals surface area contributed by atoms with Crippen LogP contribution in [0.4, 0.5) is 5.88 Å². The molecule has 0 fully saturated rings. The molecule has 88 valence electrons. The maximum absolute atomic E-state index is 11.6. The SMILES string of the molecule is CC(C)C(=O)Nc1oncc1-c1ccccc1. The van der Waals surface area contributed by atoms with Gasteiger partial charge in [0.25, 0.3) is 0 Å². The molecule has 0 aliphatic heterocycles. The van der Waals surface area contributed by atoms with E-state index in [9.17, 15) is 4.79 Å². The number of nitrogens with zero attached hydrogens (tertiary/aromatic N) is 1. The maximum Gasteiger partial charge on any atom is 0.239 e. The summed E-state index contributed by atoms with van der Waals surface area (Å²) in [6.45, 7) is 3.65. The summed E-state index contributed by atoms with van der Waals surface area (Å²) in [6, 6.07) is 9.67. The molecule has 2 rings (SSSR count). The van der Waals surface area contributed by atoms with Crippen LogP contribution in [0.15, 0.2) is 41.1 Å². The smallest absolute Gasteiger partial charge is 0.239 e. The van der Waals surface area contributed by atoms with Crippen molar-refractivity contribution >= 4 is 11.8 Å². The second kappa shape index (κ2) is 4.82. The van der Waals surface area contributed by atoms with Crippen molar-refractivity contribution in [2.75, 3.05) is 5.32 Å². The summed E-state index contributed by atoms with van der Waals surface area (Å²) < 4.78 is 5.06. The number of hydrogen-bond donors (Lipinski definition) is 1. The number of hydrogen-bond acceptors (Lipinski definition) is 3. The number of amides is 1. The van der Waals surface area contributed by atoms with Crippen molar-refractivity contribution in [3.8, 4) is 11.1 Å². The van der Waals surface area contributed by atoms with Gasteiger partial charge in [0.15, 0.2) is 0 Å². The Morgan fingerprint density at radius 1 is 1.29 bits per heavy atom. The van der Waals surface area contributed by atoms with Crippen molar-refractivity contribution < 1.29 is 9.32 Å². The summed E-state index contributed by atoms with van der Waals surface area (Å²) in [7, 11) is 0. The molecule has 1 N–H and O–H groups in total.